The summed E-state index contributed by atoms with van der Waals surface area (Å²) in [6, 6.07) is 4.58. The highest BCUT2D eigenvalue weighted by atomic mass is 32.1. The lowest BCUT2D eigenvalue weighted by Gasteiger charge is -2.36. The van der Waals surface area contributed by atoms with Gasteiger partial charge in [-0.2, -0.15) is 0 Å². The lowest BCUT2D eigenvalue weighted by molar-refractivity contribution is -0.123. The van der Waals surface area contributed by atoms with Gasteiger partial charge in [0.1, 0.15) is 0 Å². The van der Waals surface area contributed by atoms with E-state index in [4.69, 9.17) is 0 Å². The monoisotopic (exact) mass is 372 g/mol. The van der Waals surface area contributed by atoms with Gasteiger partial charge in [-0.25, -0.2) is 0 Å². The number of carbonyl (C=O) groups excluding carboxylic acids is 1. The maximum atomic E-state index is 12.4. The van der Waals surface area contributed by atoms with E-state index in [9.17, 15) is 4.79 Å². The van der Waals surface area contributed by atoms with Crippen molar-refractivity contribution in [2.45, 2.75) is 38.6 Å². The van der Waals surface area contributed by atoms with Crippen LogP contribution in [-0.4, -0.2) is 54.6 Å². The predicted molar refractivity (Wildman–Crippen MR) is 108 cm³/mol. The van der Waals surface area contributed by atoms with Gasteiger partial charge < -0.3 is 10.2 Å². The lowest BCUT2D eigenvalue weighted by Crippen LogP contribution is -2.51. The lowest BCUT2D eigenvalue weighted by atomic mass is 9.87. The van der Waals surface area contributed by atoms with Crippen LogP contribution in [0.2, 0.25) is 0 Å². The summed E-state index contributed by atoms with van der Waals surface area (Å²) in [4.78, 5) is 21.5. The first-order valence-corrected chi connectivity index (χ1v) is 10.7. The van der Waals surface area contributed by atoms with Crippen LogP contribution in [0.15, 0.2) is 23.7 Å². The number of nitrogens with zero attached hydrogens (tertiary/aromatic N) is 3. The van der Waals surface area contributed by atoms with Gasteiger partial charge in [-0.15, -0.1) is 11.3 Å². The molecule has 5 nitrogen and oxygen atoms in total. The minimum absolute atomic E-state index is 0.196. The van der Waals surface area contributed by atoms with Crippen LogP contribution in [0.5, 0.6) is 0 Å². The summed E-state index contributed by atoms with van der Waals surface area (Å²) < 4.78 is 1.27. The Labute approximate surface area is 159 Å². The molecule has 1 saturated carbocycles. The fourth-order valence-corrected chi connectivity index (χ4v) is 5.19. The van der Waals surface area contributed by atoms with Gasteiger partial charge in [-0.05, 0) is 36.3 Å². The van der Waals surface area contributed by atoms with Crippen LogP contribution in [-0.2, 0) is 4.79 Å². The average Bonchev–Trinajstić information content (AvgIpc) is 3.11. The molecule has 1 amide bonds. The number of carbonyl (C=O) groups is 1. The van der Waals surface area contributed by atoms with Crippen molar-refractivity contribution in [3.8, 4) is 0 Å². The zero-order chi connectivity index (χ0) is 17.9. The summed E-state index contributed by atoms with van der Waals surface area (Å²) >= 11 is 1.76. The van der Waals surface area contributed by atoms with Gasteiger partial charge in [-0.3, -0.25) is 14.7 Å². The number of fused-ring (bicyclic) bond motifs is 1. The molecule has 0 radical (unpaired) electrons. The normalized spacial score (nSPS) is 24.7. The molecule has 2 fully saturated rings. The van der Waals surface area contributed by atoms with Crippen molar-refractivity contribution >= 4 is 33.1 Å². The minimum Gasteiger partial charge on any atom is -0.368 e. The molecule has 4 rings (SSSR count). The van der Waals surface area contributed by atoms with Gasteiger partial charge in [0.15, 0.2) is 0 Å². The summed E-state index contributed by atoms with van der Waals surface area (Å²) in [6.07, 6.45) is 6.73. The Balaban J connectivity index is 1.28. The van der Waals surface area contributed by atoms with Crippen LogP contribution in [0.25, 0.3) is 10.2 Å². The largest absolute Gasteiger partial charge is 0.368 e. The van der Waals surface area contributed by atoms with E-state index in [1.807, 2.05) is 6.20 Å². The number of thiophene rings is 1. The number of rotatable bonds is 4. The van der Waals surface area contributed by atoms with Gasteiger partial charge in [0.2, 0.25) is 5.91 Å². The summed E-state index contributed by atoms with van der Waals surface area (Å²) in [6.45, 7) is 6.62. The fourth-order valence-electron chi connectivity index (χ4n) is 4.30. The van der Waals surface area contributed by atoms with Crippen LogP contribution in [0, 0.1) is 5.92 Å². The molecule has 1 N–H and O–H groups in total. The third-order valence-electron chi connectivity index (χ3n) is 5.70. The molecule has 6 heteroatoms. The Bertz CT molecular complexity index is 753. The zero-order valence-corrected chi connectivity index (χ0v) is 16.3. The van der Waals surface area contributed by atoms with Crippen LogP contribution in [0.3, 0.4) is 0 Å². The van der Waals surface area contributed by atoms with Crippen LogP contribution in [0.1, 0.15) is 32.6 Å². The molecular weight excluding hydrogens is 344 g/mol. The number of hydrogen-bond donors (Lipinski definition) is 1. The standard InChI is InChI=1S/C20H28N4OS/c1-15-3-2-4-16(13-15)22-19(25)14-23-8-10-24(11-9-23)18-5-7-21-17-6-12-26-20(17)18/h5-7,12,15-16H,2-4,8-11,13-14H2,1H3,(H,22,25). The SMILES string of the molecule is CC1CCCC(NC(=O)CN2CCN(c3ccnc4ccsc34)CC2)C1. The molecule has 1 aliphatic heterocycles. The van der Waals surface area contributed by atoms with Gasteiger partial charge in [0.25, 0.3) is 0 Å². The molecule has 2 atom stereocenters. The number of hydrogen-bond acceptors (Lipinski definition) is 5. The number of aromatic nitrogens is 1. The third kappa shape index (κ3) is 4.01. The van der Waals surface area contributed by atoms with E-state index in [1.165, 1.54) is 23.2 Å². The third-order valence-corrected chi connectivity index (χ3v) is 6.63. The van der Waals surface area contributed by atoms with Crippen molar-refractivity contribution in [1.82, 2.24) is 15.2 Å². The summed E-state index contributed by atoms with van der Waals surface area (Å²) in [5.41, 5.74) is 2.36. The number of amides is 1. The van der Waals surface area contributed by atoms with Crippen molar-refractivity contribution in [3.63, 3.8) is 0 Å². The van der Waals surface area contributed by atoms with E-state index in [0.29, 0.717) is 12.6 Å². The van der Waals surface area contributed by atoms with E-state index in [2.05, 4.69) is 44.5 Å². The number of piperazine rings is 1. The van der Waals surface area contributed by atoms with Crippen molar-refractivity contribution in [2.24, 2.45) is 5.92 Å². The highest BCUT2D eigenvalue weighted by molar-refractivity contribution is 7.17. The van der Waals surface area contributed by atoms with Gasteiger partial charge in [-0.1, -0.05) is 19.8 Å². The Kier molecular flexibility index (Phi) is 5.41. The number of nitrogens with one attached hydrogen (secondary N) is 1. The second-order valence-electron chi connectivity index (χ2n) is 7.76. The molecule has 1 saturated heterocycles. The van der Waals surface area contributed by atoms with Crippen molar-refractivity contribution < 1.29 is 4.79 Å². The Morgan fingerprint density at radius 1 is 1.27 bits per heavy atom. The van der Waals surface area contributed by atoms with E-state index >= 15 is 0 Å². The molecule has 2 aliphatic rings. The van der Waals surface area contributed by atoms with E-state index < -0.39 is 0 Å². The molecule has 26 heavy (non-hydrogen) atoms. The Hall–Kier alpha value is -1.66. The Morgan fingerprint density at radius 2 is 2.12 bits per heavy atom. The molecule has 2 aromatic heterocycles. The topological polar surface area (TPSA) is 48.5 Å². The minimum atomic E-state index is 0.196. The van der Waals surface area contributed by atoms with E-state index in [1.54, 1.807) is 11.3 Å². The fraction of sp³-hybridized carbons (Fsp3) is 0.600. The van der Waals surface area contributed by atoms with Crippen molar-refractivity contribution in [3.05, 3.63) is 23.7 Å². The van der Waals surface area contributed by atoms with Gasteiger partial charge >= 0.3 is 0 Å². The van der Waals surface area contributed by atoms with Crippen molar-refractivity contribution in [1.29, 1.82) is 0 Å². The summed E-state index contributed by atoms with van der Waals surface area (Å²) in [5, 5.41) is 5.36. The van der Waals surface area contributed by atoms with Crippen LogP contribution in [0.4, 0.5) is 5.69 Å². The second kappa shape index (κ2) is 7.92. The first-order valence-electron chi connectivity index (χ1n) is 9.78. The Morgan fingerprint density at radius 3 is 2.92 bits per heavy atom. The van der Waals surface area contributed by atoms with Gasteiger partial charge in [0.05, 0.1) is 22.4 Å². The highest BCUT2D eigenvalue weighted by Gasteiger charge is 2.24. The van der Waals surface area contributed by atoms with Crippen LogP contribution < -0.4 is 10.2 Å². The molecule has 140 valence electrons. The summed E-state index contributed by atoms with van der Waals surface area (Å²) in [7, 11) is 0. The molecule has 0 aromatic carbocycles. The predicted octanol–water partition coefficient (Wildman–Crippen LogP) is 3.11. The van der Waals surface area contributed by atoms with Crippen LogP contribution >= 0.6 is 11.3 Å². The molecule has 1 aliphatic carbocycles. The maximum absolute atomic E-state index is 12.4. The first-order chi connectivity index (χ1) is 12.7. The van der Waals surface area contributed by atoms with E-state index in [-0.39, 0.29) is 5.91 Å². The zero-order valence-electron chi connectivity index (χ0n) is 15.5. The van der Waals surface area contributed by atoms with Gasteiger partial charge in [0, 0.05) is 38.4 Å². The molecule has 0 bridgehead atoms. The number of anilines is 1. The molecular formula is C20H28N4OS. The quantitative estimate of drug-likeness (QED) is 0.896. The first kappa shape index (κ1) is 17.7. The van der Waals surface area contributed by atoms with Crippen molar-refractivity contribution in [2.75, 3.05) is 37.6 Å². The van der Waals surface area contributed by atoms with E-state index in [0.717, 1.165) is 50.5 Å². The molecule has 0 spiro atoms. The smallest absolute Gasteiger partial charge is 0.234 e. The molecule has 2 aromatic rings. The summed E-state index contributed by atoms with van der Waals surface area (Å²) in [5.74, 6) is 0.939. The second-order valence-corrected chi connectivity index (χ2v) is 8.68. The molecule has 2 unspecified atom stereocenters. The highest BCUT2D eigenvalue weighted by Crippen LogP contribution is 2.30. The molecule has 3 heterocycles. The number of pyridine rings is 1. The average molecular weight is 373 g/mol. The maximum Gasteiger partial charge on any atom is 0.234 e.